The molecule has 4 aliphatic rings. The van der Waals surface area contributed by atoms with Gasteiger partial charge in [0, 0.05) is 86.8 Å². The lowest BCUT2D eigenvalue weighted by atomic mass is 9.98. The average Bonchev–Trinajstić information content (AvgIpc) is 4.09. The van der Waals surface area contributed by atoms with Gasteiger partial charge in [-0.1, -0.05) is 30.3 Å². The Kier molecular flexibility index (Phi) is 14.1. The number of sulfonamides is 1. The lowest BCUT2D eigenvalue weighted by Gasteiger charge is -2.36. The number of likely N-dealkylation sites (tertiary alicyclic amines) is 2. The van der Waals surface area contributed by atoms with E-state index in [1.807, 2.05) is 15.6 Å². The Labute approximate surface area is 424 Å². The van der Waals surface area contributed by atoms with E-state index in [1.54, 1.807) is 49.2 Å². The number of pyridine rings is 1. The lowest BCUT2D eigenvalue weighted by Crippen LogP contribution is -2.53. The average molecular weight is 1040 g/mol. The monoisotopic (exact) mass is 1040 g/mol. The van der Waals surface area contributed by atoms with Crippen LogP contribution < -0.4 is 25.2 Å². The quantitative estimate of drug-likeness (QED) is 0.0815. The second-order valence-corrected chi connectivity index (χ2v) is 21.0. The molecule has 19 nitrogen and oxygen atoms in total. The molecular formula is C51H56F3N11O8S. The minimum atomic E-state index is -5.07. The Balaban J connectivity index is 0.764. The number of rotatable bonds is 16. The fraction of sp³-hybridized carbons (Fsp3) is 0.412. The van der Waals surface area contributed by atoms with Gasteiger partial charge < -0.3 is 30.1 Å². The first-order valence-electron chi connectivity index (χ1n) is 24.6. The molecule has 5 N–H and O–H groups in total. The number of benzene rings is 3. The molecule has 0 spiro atoms. The number of hydrogen-bond acceptors (Lipinski definition) is 14. The number of nitrogens with two attached hydrogens (primary N) is 1. The number of nitrogens with zero attached hydrogens (tertiary/aromatic N) is 8. The summed E-state index contributed by atoms with van der Waals surface area (Å²) in [6.07, 6.45) is 7.41. The molecule has 0 saturated carbocycles. The van der Waals surface area contributed by atoms with Crippen LogP contribution in [0, 0.1) is 11.7 Å². The van der Waals surface area contributed by atoms with Crippen molar-refractivity contribution in [1.82, 2.24) is 44.6 Å². The summed E-state index contributed by atoms with van der Waals surface area (Å²) in [7, 11) is -3.31. The number of fused-ring (bicyclic) bond motifs is 2. The van der Waals surface area contributed by atoms with E-state index in [2.05, 4.69) is 20.1 Å². The normalized spacial score (nSPS) is 20.6. The maximum atomic E-state index is 13.7. The smallest absolute Gasteiger partial charge is 0.355 e. The van der Waals surface area contributed by atoms with Crippen molar-refractivity contribution in [2.45, 2.75) is 75.6 Å². The van der Waals surface area contributed by atoms with Gasteiger partial charge in [-0.25, -0.2) is 17.8 Å². The largest absolute Gasteiger partial charge is 0.492 e. The standard InChI is InChI=1S/C51H56F3N11O8S/c1-29(31-8-11-34(52)12-9-31)73-41-23-32(10-13-38(41)60-74(70,71)51(53)54)45-44-46(61(2)59-45)37(25-56-47(44)55)33-24-57-64(27-33)35-16-19-62(20-17-35)21-22-63-18-4-5-30(26-63)28-72-40-7-3-6-36-43(40)50(69)65(49(36)68)39-14-15-42(66)58-48(39)67/h3,6-13,23-25,27,29-30,35,39,49,51,60,68H,4-5,14-22,26,28H2,1-2H3,(H2,55,56)(H,58,66,67)/t29-,30?,39?,49?/m0/s1. The summed E-state index contributed by atoms with van der Waals surface area (Å²) < 4.78 is 83.3. The molecule has 3 saturated heterocycles. The van der Waals surface area contributed by atoms with Crippen molar-refractivity contribution < 1.29 is 50.6 Å². The molecule has 3 aromatic carbocycles. The molecular weight excluding hydrogens is 984 g/mol. The van der Waals surface area contributed by atoms with Gasteiger partial charge in [0.2, 0.25) is 11.8 Å². The summed E-state index contributed by atoms with van der Waals surface area (Å²) in [5.41, 5.74) is 10.5. The Morgan fingerprint density at radius 1 is 0.946 bits per heavy atom. The van der Waals surface area contributed by atoms with Crippen LogP contribution in [0.15, 0.2) is 79.3 Å². The highest BCUT2D eigenvalue weighted by atomic mass is 32.2. The molecule has 0 aliphatic carbocycles. The molecule has 7 heterocycles. The lowest BCUT2D eigenvalue weighted by molar-refractivity contribution is -0.139. The number of imide groups is 1. The summed E-state index contributed by atoms with van der Waals surface area (Å²) in [6.45, 7) is 7.48. The molecule has 0 radical (unpaired) electrons. The summed E-state index contributed by atoms with van der Waals surface area (Å²) >= 11 is 0. The van der Waals surface area contributed by atoms with Crippen molar-refractivity contribution in [2.24, 2.45) is 13.0 Å². The number of carbonyl (C=O) groups is 3. The number of aliphatic hydroxyl groups excluding tert-OH is 1. The van der Waals surface area contributed by atoms with Crippen LogP contribution in [0.5, 0.6) is 11.5 Å². The van der Waals surface area contributed by atoms with E-state index in [9.17, 15) is 41.1 Å². The molecule has 6 aromatic rings. The van der Waals surface area contributed by atoms with Crippen LogP contribution in [0.3, 0.4) is 0 Å². The fourth-order valence-electron chi connectivity index (χ4n) is 10.6. The van der Waals surface area contributed by atoms with E-state index in [1.165, 1.54) is 42.5 Å². The van der Waals surface area contributed by atoms with Crippen molar-refractivity contribution in [1.29, 1.82) is 0 Å². The molecule has 0 bridgehead atoms. The number of amides is 3. The Bertz CT molecular complexity index is 3220. The number of aromatic nitrogens is 5. The first-order valence-corrected chi connectivity index (χ1v) is 26.1. The Hall–Kier alpha value is -7.08. The highest BCUT2D eigenvalue weighted by Gasteiger charge is 2.46. The Morgan fingerprint density at radius 3 is 2.47 bits per heavy atom. The molecule has 23 heteroatoms. The molecule has 3 aromatic heterocycles. The number of nitrogens with one attached hydrogen (secondary N) is 2. The minimum Gasteiger partial charge on any atom is -0.492 e. The molecule has 10 rings (SSSR count). The number of anilines is 2. The number of alkyl halides is 2. The van der Waals surface area contributed by atoms with Gasteiger partial charge in [0.25, 0.3) is 15.9 Å². The third kappa shape index (κ3) is 10.1. The third-order valence-electron chi connectivity index (χ3n) is 14.5. The maximum Gasteiger partial charge on any atom is 0.355 e. The number of nitrogen functional groups attached to an aromatic ring is 1. The number of carbonyl (C=O) groups excluding carboxylic acids is 3. The van der Waals surface area contributed by atoms with Gasteiger partial charge >= 0.3 is 5.76 Å². The van der Waals surface area contributed by atoms with E-state index in [-0.39, 0.29) is 47.6 Å². The number of halogens is 3. The van der Waals surface area contributed by atoms with E-state index < -0.39 is 57.7 Å². The zero-order chi connectivity index (χ0) is 52.0. The van der Waals surface area contributed by atoms with Gasteiger partial charge in [-0.3, -0.25) is 38.7 Å². The highest BCUT2D eigenvalue weighted by Crippen LogP contribution is 2.42. The topological polar surface area (TPSA) is 232 Å². The van der Waals surface area contributed by atoms with Crippen LogP contribution in [-0.4, -0.2) is 128 Å². The highest BCUT2D eigenvalue weighted by molar-refractivity contribution is 7.93. The Morgan fingerprint density at radius 2 is 1.72 bits per heavy atom. The number of ether oxygens (including phenoxy) is 2. The number of piperidine rings is 3. The number of hydrogen-bond donors (Lipinski definition) is 4. The predicted molar refractivity (Wildman–Crippen MR) is 267 cm³/mol. The van der Waals surface area contributed by atoms with Gasteiger partial charge in [0.1, 0.15) is 41.0 Å². The van der Waals surface area contributed by atoms with Gasteiger partial charge in [-0.15, -0.1) is 0 Å². The number of aryl methyl sites for hydroxylation is 1. The molecule has 3 amide bonds. The van der Waals surface area contributed by atoms with Crippen LogP contribution in [0.25, 0.3) is 33.3 Å². The molecule has 390 valence electrons. The van der Waals surface area contributed by atoms with Crippen molar-refractivity contribution in [2.75, 3.05) is 56.3 Å². The first kappa shape index (κ1) is 50.5. The van der Waals surface area contributed by atoms with Crippen molar-refractivity contribution in [3.05, 3.63) is 102 Å². The van der Waals surface area contributed by atoms with E-state index in [0.717, 1.165) is 81.0 Å². The zero-order valence-corrected chi connectivity index (χ0v) is 41.5. The molecule has 4 aliphatic heterocycles. The molecule has 3 fully saturated rings. The van der Waals surface area contributed by atoms with Crippen LogP contribution in [0.4, 0.5) is 24.7 Å². The van der Waals surface area contributed by atoms with Crippen LogP contribution in [0.2, 0.25) is 0 Å². The second-order valence-electron chi connectivity index (χ2n) is 19.4. The summed E-state index contributed by atoms with van der Waals surface area (Å²) in [4.78, 5) is 48.6. The van der Waals surface area contributed by atoms with Crippen molar-refractivity contribution in [3.63, 3.8) is 0 Å². The first-order chi connectivity index (χ1) is 35.5. The van der Waals surface area contributed by atoms with Crippen molar-refractivity contribution in [3.8, 4) is 33.9 Å². The predicted octanol–water partition coefficient (Wildman–Crippen LogP) is 6.00. The molecule has 3 unspecified atom stereocenters. The zero-order valence-electron chi connectivity index (χ0n) is 40.7. The summed E-state index contributed by atoms with van der Waals surface area (Å²) in [5.74, 6) is -4.92. The van der Waals surface area contributed by atoms with E-state index >= 15 is 0 Å². The van der Waals surface area contributed by atoms with Crippen LogP contribution >= 0.6 is 0 Å². The third-order valence-corrected chi connectivity index (χ3v) is 15.5. The van der Waals surface area contributed by atoms with Gasteiger partial charge in [0.15, 0.2) is 6.23 Å². The maximum absolute atomic E-state index is 13.7. The van der Waals surface area contributed by atoms with Gasteiger partial charge in [-0.05, 0) is 81.5 Å². The van der Waals surface area contributed by atoms with Crippen LogP contribution in [0.1, 0.15) is 85.3 Å². The van der Waals surface area contributed by atoms with E-state index in [4.69, 9.17) is 25.4 Å². The molecule has 4 atom stereocenters. The molecule has 74 heavy (non-hydrogen) atoms. The summed E-state index contributed by atoms with van der Waals surface area (Å²) in [6, 6.07) is 14.2. The van der Waals surface area contributed by atoms with E-state index in [0.29, 0.717) is 45.6 Å². The van der Waals surface area contributed by atoms with Crippen LogP contribution in [-0.2, 0) is 26.7 Å². The SMILES string of the molecule is C[C@H](Oc1cc(-c2nn(C)c3c(-c4cnn(C5CCN(CCN6CCCC(COc7cccc8c7C(=O)N(C7CCC(=O)NC7=O)C8O)C6)CC5)c4)cnc(N)c23)ccc1NS(=O)(=O)C(F)F)c1ccc(F)cc1. The summed E-state index contributed by atoms with van der Waals surface area (Å²) in [5, 5.41) is 23.5. The fourth-order valence-corrected chi connectivity index (χ4v) is 11.2. The van der Waals surface area contributed by atoms with Crippen molar-refractivity contribution >= 4 is 50.2 Å². The van der Waals surface area contributed by atoms with Gasteiger partial charge in [-0.2, -0.15) is 19.0 Å². The van der Waals surface area contributed by atoms with Gasteiger partial charge in [0.05, 0.1) is 41.0 Å². The minimum absolute atomic E-state index is 0.0709. The second kappa shape index (κ2) is 20.7. The number of aliphatic hydroxyl groups is 1.